The van der Waals surface area contributed by atoms with Gasteiger partial charge in [0.1, 0.15) is 6.10 Å². The number of hydrogen-bond donors (Lipinski definition) is 5. The maximum absolute atomic E-state index is 12.0. The minimum absolute atomic E-state index is 0.000917. The molecular weight excluding hydrogens is 528 g/mol. The van der Waals surface area contributed by atoms with E-state index in [4.69, 9.17) is 18.9 Å². The largest absolute Gasteiger partial charge is 0.390 e. The van der Waals surface area contributed by atoms with Crippen LogP contribution in [0.15, 0.2) is 0 Å². The van der Waals surface area contributed by atoms with E-state index in [1.54, 1.807) is 0 Å². The zero-order valence-corrected chi connectivity index (χ0v) is 25.0. The molecule has 0 aromatic rings. The number of fused-ring (bicyclic) bond motifs is 7. The molecule has 7 fully saturated rings. The summed E-state index contributed by atoms with van der Waals surface area (Å²) >= 11 is 0. The van der Waals surface area contributed by atoms with E-state index in [0.29, 0.717) is 36.5 Å². The maximum atomic E-state index is 12.0. The Morgan fingerprint density at radius 2 is 1.63 bits per heavy atom. The second-order valence-electron chi connectivity index (χ2n) is 15.6. The molecule has 0 radical (unpaired) electrons. The standard InChI is InChI=1S/C32H51O9/c1-15-7-10-32(39-13-15)16(2)23-28(41-32)26(36)24-18-6-5-17-11-22(40-29-27(37)25(35)21(34)14-38-29)20(33)12-31(17,4)19(18)8-9-30(23,24)3/h14-29,33-37H,5-13H2,1-4H3/q+1/t15-,16-,17+,18-,19?,20-,21-,22-,23+,24-,25?,26+,27?,28?,29?,30-,31+,32-/m0/s1. The van der Waals surface area contributed by atoms with Crippen LogP contribution in [-0.4, -0.2) is 86.9 Å². The number of rotatable bonds is 2. The van der Waals surface area contributed by atoms with E-state index in [0.717, 1.165) is 51.7 Å². The molecule has 1 spiro atoms. The van der Waals surface area contributed by atoms with E-state index in [-0.39, 0.29) is 34.7 Å². The highest BCUT2D eigenvalue weighted by molar-refractivity contribution is 5.18. The highest BCUT2D eigenvalue weighted by atomic mass is 16.7. The van der Waals surface area contributed by atoms with Gasteiger partial charge in [-0.05, 0) is 85.4 Å². The zero-order valence-electron chi connectivity index (χ0n) is 25.0. The molecule has 3 saturated heterocycles. The Balaban J connectivity index is 1.08. The Labute approximate surface area is 243 Å². The Hall–Kier alpha value is -0.490. The van der Waals surface area contributed by atoms with Gasteiger partial charge in [0.25, 0.3) is 12.7 Å². The van der Waals surface area contributed by atoms with Gasteiger partial charge in [-0.15, -0.1) is 0 Å². The summed E-state index contributed by atoms with van der Waals surface area (Å²) in [7, 11) is 0. The molecule has 0 aromatic carbocycles. The van der Waals surface area contributed by atoms with Gasteiger partial charge >= 0.3 is 0 Å². The van der Waals surface area contributed by atoms with E-state index < -0.39 is 48.7 Å². The molecule has 9 nitrogen and oxygen atoms in total. The second-order valence-corrected chi connectivity index (χ2v) is 15.6. The molecule has 9 heteroatoms. The fraction of sp³-hybridized carbons (Fsp3) is 0.969. The van der Waals surface area contributed by atoms with Crippen molar-refractivity contribution in [2.45, 2.75) is 134 Å². The van der Waals surface area contributed by atoms with Gasteiger partial charge in [-0.2, -0.15) is 4.74 Å². The number of ether oxygens (including phenoxy) is 4. The summed E-state index contributed by atoms with van der Waals surface area (Å²) in [6, 6.07) is 0. The van der Waals surface area contributed by atoms with Gasteiger partial charge in [0, 0.05) is 18.3 Å². The highest BCUT2D eigenvalue weighted by Crippen LogP contribution is 2.71. The minimum Gasteiger partial charge on any atom is -0.390 e. The molecule has 3 aliphatic heterocycles. The number of aliphatic hydroxyl groups excluding tert-OH is 5. The molecule has 0 aromatic heterocycles. The highest BCUT2D eigenvalue weighted by Gasteiger charge is 2.72. The predicted octanol–water partition coefficient (Wildman–Crippen LogP) is 2.36. The molecule has 41 heavy (non-hydrogen) atoms. The maximum Gasteiger partial charge on any atom is 0.264 e. The lowest BCUT2D eigenvalue weighted by Gasteiger charge is -2.62. The number of aliphatic hydroxyl groups is 5. The summed E-state index contributed by atoms with van der Waals surface area (Å²) in [5, 5.41) is 53.5. The molecule has 0 bridgehead atoms. The third-order valence-electron chi connectivity index (χ3n) is 13.6. The summed E-state index contributed by atoms with van der Waals surface area (Å²) < 4.78 is 24.6. The van der Waals surface area contributed by atoms with Crippen LogP contribution in [-0.2, 0) is 18.9 Å². The van der Waals surface area contributed by atoms with Crippen LogP contribution in [0, 0.1) is 58.9 Å². The summed E-state index contributed by atoms with van der Waals surface area (Å²) in [6.45, 7) is 11.1. The lowest BCUT2D eigenvalue weighted by Crippen LogP contribution is -2.60. The third kappa shape index (κ3) is 4.17. The van der Waals surface area contributed by atoms with Gasteiger partial charge in [0.2, 0.25) is 6.29 Å². The Morgan fingerprint density at radius 1 is 0.854 bits per heavy atom. The van der Waals surface area contributed by atoms with E-state index >= 15 is 0 Å². The molecule has 7 aliphatic rings. The second kappa shape index (κ2) is 10.0. The fourth-order valence-corrected chi connectivity index (χ4v) is 11.4. The van der Waals surface area contributed by atoms with Crippen LogP contribution >= 0.6 is 0 Å². The smallest absolute Gasteiger partial charge is 0.264 e. The minimum atomic E-state index is -1.39. The fourth-order valence-electron chi connectivity index (χ4n) is 11.4. The molecule has 4 aliphatic carbocycles. The van der Waals surface area contributed by atoms with Crippen LogP contribution in [0.2, 0.25) is 0 Å². The summed E-state index contributed by atoms with van der Waals surface area (Å²) in [6.07, 6.45) is 0.307. The van der Waals surface area contributed by atoms with E-state index in [1.807, 2.05) is 0 Å². The van der Waals surface area contributed by atoms with Gasteiger partial charge < -0.3 is 39.7 Å². The van der Waals surface area contributed by atoms with Crippen LogP contribution in [0.5, 0.6) is 0 Å². The SMILES string of the molecule is C[C@H]1CC[C@]2(OC1)OC1[C@H](O)[C@@H]3[C@H]4CC[C@@H]5C[C@H](OC6O[CH+][C@H](O)C(O)C6O)[C@@H](O)C[C@@]5(C)C4CC[C@@]3(C)[C@@H]1[C@@H]2C. The molecule has 7 rings (SSSR count). The van der Waals surface area contributed by atoms with Crippen molar-refractivity contribution in [2.24, 2.45) is 52.3 Å². The van der Waals surface area contributed by atoms with Gasteiger partial charge in [-0.1, -0.05) is 27.7 Å². The van der Waals surface area contributed by atoms with Crippen molar-refractivity contribution in [3.63, 3.8) is 0 Å². The first-order valence-corrected chi connectivity index (χ1v) is 16.3. The van der Waals surface area contributed by atoms with Gasteiger partial charge in [-0.3, -0.25) is 0 Å². The van der Waals surface area contributed by atoms with Crippen molar-refractivity contribution in [1.82, 2.24) is 0 Å². The van der Waals surface area contributed by atoms with Crippen LogP contribution in [0.3, 0.4) is 0 Å². The van der Waals surface area contributed by atoms with Gasteiger partial charge in [0.05, 0.1) is 31.0 Å². The van der Waals surface area contributed by atoms with Crippen LogP contribution in [0.25, 0.3) is 0 Å². The lowest BCUT2D eigenvalue weighted by molar-refractivity contribution is -0.288. The van der Waals surface area contributed by atoms with Crippen molar-refractivity contribution >= 4 is 0 Å². The Morgan fingerprint density at radius 3 is 2.37 bits per heavy atom. The quantitative estimate of drug-likeness (QED) is 0.247. The van der Waals surface area contributed by atoms with E-state index in [9.17, 15) is 25.5 Å². The van der Waals surface area contributed by atoms with Crippen molar-refractivity contribution in [3.05, 3.63) is 6.61 Å². The predicted molar refractivity (Wildman–Crippen MR) is 147 cm³/mol. The van der Waals surface area contributed by atoms with Crippen LogP contribution in [0.4, 0.5) is 0 Å². The molecule has 5 N–H and O–H groups in total. The summed E-state index contributed by atoms with van der Waals surface area (Å²) in [4.78, 5) is 0. The van der Waals surface area contributed by atoms with Gasteiger partial charge in [0.15, 0.2) is 11.9 Å². The summed E-state index contributed by atoms with van der Waals surface area (Å²) in [5.74, 6) is 1.83. The molecule has 3 heterocycles. The Kier molecular flexibility index (Phi) is 7.14. The first-order chi connectivity index (χ1) is 19.4. The summed E-state index contributed by atoms with van der Waals surface area (Å²) in [5.41, 5.74) is -0.0792. The van der Waals surface area contributed by atoms with Crippen molar-refractivity contribution in [1.29, 1.82) is 0 Å². The molecule has 4 saturated carbocycles. The van der Waals surface area contributed by atoms with Crippen molar-refractivity contribution in [2.75, 3.05) is 6.61 Å². The average molecular weight is 580 g/mol. The third-order valence-corrected chi connectivity index (χ3v) is 13.6. The molecule has 18 atom stereocenters. The van der Waals surface area contributed by atoms with Crippen molar-refractivity contribution in [3.8, 4) is 0 Å². The first kappa shape index (κ1) is 29.2. The normalized spacial score (nSPS) is 61.9. The van der Waals surface area contributed by atoms with E-state index in [2.05, 4.69) is 27.7 Å². The Bertz CT molecular complexity index is 986. The average Bonchev–Trinajstić information content (AvgIpc) is 3.34. The molecule has 232 valence electrons. The zero-order chi connectivity index (χ0) is 29.1. The van der Waals surface area contributed by atoms with Crippen LogP contribution in [0.1, 0.15) is 79.1 Å². The van der Waals surface area contributed by atoms with Crippen molar-refractivity contribution < 1.29 is 44.5 Å². The van der Waals surface area contributed by atoms with Gasteiger partial charge in [-0.25, -0.2) is 0 Å². The first-order valence-electron chi connectivity index (χ1n) is 16.3. The van der Waals surface area contributed by atoms with Crippen LogP contribution < -0.4 is 0 Å². The lowest BCUT2D eigenvalue weighted by atomic mass is 9.44. The molecular formula is C32H51O9+. The topological polar surface area (TPSA) is 138 Å². The monoisotopic (exact) mass is 579 g/mol. The van der Waals surface area contributed by atoms with E-state index in [1.165, 1.54) is 0 Å². The molecule has 5 unspecified atom stereocenters. The number of hydrogen-bond acceptors (Lipinski definition) is 9. The molecule has 0 amide bonds.